The lowest BCUT2D eigenvalue weighted by Gasteiger charge is -2.22. The third kappa shape index (κ3) is 4.39. The highest BCUT2D eigenvalue weighted by molar-refractivity contribution is 6.07. The molecule has 9 rings (SSSR count). The molecule has 0 fully saturated rings. The molecule has 6 aromatic carbocycles. The maximum Gasteiger partial charge on any atom is 0.160 e. The van der Waals surface area contributed by atoms with Gasteiger partial charge in [-0.1, -0.05) is 135 Å². The standard InChI is InChI=1S/C44H31N3/c1-44(2)37-23-20-30(26-36(37)42-32-15-7-6-12-28(32)19-24-38(42)44)31-21-22-35(34-17-9-8-16-33(31)34)40-27-41(39-18-10-11-25-45-39)47-43(46-40)29-13-4-3-5-14-29/h3-27H,1-2H3. The van der Waals surface area contributed by atoms with Gasteiger partial charge in [0.1, 0.15) is 0 Å². The van der Waals surface area contributed by atoms with Crippen LogP contribution in [0.15, 0.2) is 152 Å². The smallest absolute Gasteiger partial charge is 0.160 e. The zero-order valence-electron chi connectivity index (χ0n) is 26.3. The van der Waals surface area contributed by atoms with E-state index in [1.165, 1.54) is 49.5 Å². The number of benzene rings is 6. The lowest BCUT2D eigenvalue weighted by Crippen LogP contribution is -2.14. The van der Waals surface area contributed by atoms with E-state index in [-0.39, 0.29) is 5.41 Å². The summed E-state index contributed by atoms with van der Waals surface area (Å²) < 4.78 is 0. The van der Waals surface area contributed by atoms with Gasteiger partial charge in [0.05, 0.1) is 17.1 Å². The lowest BCUT2D eigenvalue weighted by atomic mass is 9.81. The van der Waals surface area contributed by atoms with Gasteiger partial charge in [0.2, 0.25) is 0 Å². The molecule has 0 spiro atoms. The monoisotopic (exact) mass is 601 g/mol. The Morgan fingerprint density at radius 1 is 0.447 bits per heavy atom. The van der Waals surface area contributed by atoms with Crippen LogP contribution >= 0.6 is 0 Å². The van der Waals surface area contributed by atoms with Crippen LogP contribution in [0, 0.1) is 0 Å². The number of aromatic nitrogens is 3. The van der Waals surface area contributed by atoms with Crippen LogP contribution in [0.2, 0.25) is 0 Å². The van der Waals surface area contributed by atoms with E-state index < -0.39 is 0 Å². The van der Waals surface area contributed by atoms with Gasteiger partial charge in [-0.05, 0) is 79.2 Å². The van der Waals surface area contributed by atoms with Crippen LogP contribution < -0.4 is 0 Å². The van der Waals surface area contributed by atoms with Crippen molar-refractivity contribution in [2.24, 2.45) is 0 Å². The Balaban J connectivity index is 1.23. The van der Waals surface area contributed by atoms with Crippen molar-refractivity contribution in [1.82, 2.24) is 15.0 Å². The Morgan fingerprint density at radius 2 is 1.13 bits per heavy atom. The minimum absolute atomic E-state index is 0.0616. The molecule has 3 nitrogen and oxygen atoms in total. The van der Waals surface area contributed by atoms with Crippen LogP contribution in [-0.2, 0) is 5.41 Å². The topological polar surface area (TPSA) is 38.7 Å². The predicted molar refractivity (Wildman–Crippen MR) is 194 cm³/mol. The van der Waals surface area contributed by atoms with E-state index in [9.17, 15) is 0 Å². The zero-order valence-corrected chi connectivity index (χ0v) is 26.3. The molecule has 0 N–H and O–H groups in total. The molecular weight excluding hydrogens is 571 g/mol. The summed E-state index contributed by atoms with van der Waals surface area (Å²) in [5.41, 5.74) is 12.4. The molecule has 2 aromatic heterocycles. The van der Waals surface area contributed by atoms with E-state index in [2.05, 4.69) is 128 Å². The highest BCUT2D eigenvalue weighted by atomic mass is 14.9. The first kappa shape index (κ1) is 27.4. The number of nitrogens with zero attached hydrogens (tertiary/aromatic N) is 3. The summed E-state index contributed by atoms with van der Waals surface area (Å²) in [7, 11) is 0. The molecule has 0 amide bonds. The van der Waals surface area contributed by atoms with Crippen LogP contribution in [-0.4, -0.2) is 15.0 Å². The summed E-state index contributed by atoms with van der Waals surface area (Å²) in [5.74, 6) is 0.684. The van der Waals surface area contributed by atoms with E-state index in [1.54, 1.807) is 0 Å². The largest absolute Gasteiger partial charge is 0.255 e. The number of rotatable bonds is 4. The first-order chi connectivity index (χ1) is 23.1. The van der Waals surface area contributed by atoms with Crippen molar-refractivity contribution >= 4 is 21.5 Å². The SMILES string of the molecule is CC1(C)c2ccc(-c3ccc(-c4cc(-c5ccccn5)nc(-c5ccccc5)n4)c4ccccc34)cc2-c2c1ccc1ccccc21. The highest BCUT2D eigenvalue weighted by Gasteiger charge is 2.36. The van der Waals surface area contributed by atoms with Gasteiger partial charge in [-0.25, -0.2) is 9.97 Å². The normalized spacial score (nSPS) is 13.1. The molecule has 47 heavy (non-hydrogen) atoms. The Morgan fingerprint density at radius 3 is 1.94 bits per heavy atom. The molecule has 222 valence electrons. The maximum atomic E-state index is 5.13. The average Bonchev–Trinajstić information content (AvgIpc) is 3.37. The van der Waals surface area contributed by atoms with Crippen molar-refractivity contribution in [3.8, 4) is 56.3 Å². The number of fused-ring (bicyclic) bond motifs is 6. The van der Waals surface area contributed by atoms with Gasteiger partial charge in [-0.3, -0.25) is 4.98 Å². The van der Waals surface area contributed by atoms with Gasteiger partial charge in [0.25, 0.3) is 0 Å². The van der Waals surface area contributed by atoms with E-state index in [4.69, 9.17) is 9.97 Å². The lowest BCUT2D eigenvalue weighted by molar-refractivity contribution is 0.661. The van der Waals surface area contributed by atoms with Crippen LogP contribution in [0.1, 0.15) is 25.0 Å². The van der Waals surface area contributed by atoms with Crippen molar-refractivity contribution in [3.05, 3.63) is 163 Å². The zero-order chi connectivity index (χ0) is 31.5. The molecule has 0 saturated heterocycles. The van der Waals surface area contributed by atoms with Crippen LogP contribution in [0.5, 0.6) is 0 Å². The third-order valence-electron chi connectivity index (χ3n) is 9.76. The van der Waals surface area contributed by atoms with E-state index in [1.807, 2.05) is 42.6 Å². The molecule has 0 saturated carbocycles. The fraction of sp³-hybridized carbons (Fsp3) is 0.0682. The quantitative estimate of drug-likeness (QED) is 0.201. The van der Waals surface area contributed by atoms with Crippen molar-refractivity contribution < 1.29 is 0 Å². The average molecular weight is 602 g/mol. The number of hydrogen-bond donors (Lipinski definition) is 0. The highest BCUT2D eigenvalue weighted by Crippen LogP contribution is 2.52. The summed E-state index contributed by atoms with van der Waals surface area (Å²) >= 11 is 0. The van der Waals surface area contributed by atoms with Crippen LogP contribution in [0.25, 0.3) is 77.8 Å². The Hall–Kier alpha value is -5.93. The minimum atomic E-state index is -0.0616. The first-order valence-corrected chi connectivity index (χ1v) is 16.1. The van der Waals surface area contributed by atoms with E-state index in [0.29, 0.717) is 5.82 Å². The second kappa shape index (κ2) is 10.6. The minimum Gasteiger partial charge on any atom is -0.255 e. The molecule has 8 aromatic rings. The maximum absolute atomic E-state index is 5.13. The molecule has 0 bridgehead atoms. The Kier molecular flexibility index (Phi) is 6.16. The van der Waals surface area contributed by atoms with Crippen molar-refractivity contribution in [1.29, 1.82) is 0 Å². The fourth-order valence-corrected chi connectivity index (χ4v) is 7.41. The van der Waals surface area contributed by atoms with E-state index >= 15 is 0 Å². The fourth-order valence-electron chi connectivity index (χ4n) is 7.41. The van der Waals surface area contributed by atoms with Crippen LogP contribution in [0.4, 0.5) is 0 Å². The van der Waals surface area contributed by atoms with Gasteiger partial charge in [-0.15, -0.1) is 0 Å². The number of hydrogen-bond acceptors (Lipinski definition) is 3. The first-order valence-electron chi connectivity index (χ1n) is 16.1. The molecule has 3 heteroatoms. The van der Waals surface area contributed by atoms with Crippen molar-refractivity contribution in [2.75, 3.05) is 0 Å². The molecule has 1 aliphatic carbocycles. The Labute approximate surface area is 274 Å². The van der Waals surface area contributed by atoms with Crippen molar-refractivity contribution in [2.45, 2.75) is 19.3 Å². The molecule has 0 radical (unpaired) electrons. The third-order valence-corrected chi connectivity index (χ3v) is 9.76. The number of pyridine rings is 1. The van der Waals surface area contributed by atoms with Gasteiger partial charge in [0.15, 0.2) is 5.82 Å². The van der Waals surface area contributed by atoms with Gasteiger partial charge in [0, 0.05) is 22.7 Å². The van der Waals surface area contributed by atoms with E-state index in [0.717, 1.165) is 33.6 Å². The van der Waals surface area contributed by atoms with Crippen LogP contribution in [0.3, 0.4) is 0 Å². The van der Waals surface area contributed by atoms with Gasteiger partial charge < -0.3 is 0 Å². The van der Waals surface area contributed by atoms with Gasteiger partial charge >= 0.3 is 0 Å². The summed E-state index contributed by atoms with van der Waals surface area (Å²) in [6, 6.07) is 51.7. The second-order valence-corrected chi connectivity index (χ2v) is 12.8. The van der Waals surface area contributed by atoms with Gasteiger partial charge in [-0.2, -0.15) is 0 Å². The molecular formula is C44H31N3. The molecule has 2 heterocycles. The van der Waals surface area contributed by atoms with Crippen molar-refractivity contribution in [3.63, 3.8) is 0 Å². The predicted octanol–water partition coefficient (Wildman–Crippen LogP) is 11.2. The second-order valence-electron chi connectivity index (χ2n) is 12.8. The summed E-state index contributed by atoms with van der Waals surface area (Å²) in [6.07, 6.45) is 1.81. The molecule has 0 aliphatic heterocycles. The summed E-state index contributed by atoms with van der Waals surface area (Å²) in [6.45, 7) is 4.70. The molecule has 0 atom stereocenters. The molecule has 0 unspecified atom stereocenters. The Bertz CT molecular complexity index is 2420. The summed E-state index contributed by atoms with van der Waals surface area (Å²) in [5, 5.41) is 4.94. The molecule has 1 aliphatic rings. The summed E-state index contributed by atoms with van der Waals surface area (Å²) in [4.78, 5) is 14.7.